The fourth-order valence-corrected chi connectivity index (χ4v) is 5.08. The molecular formula is C23H23F4N3O2. The van der Waals surface area contributed by atoms with Gasteiger partial charge in [0.05, 0.1) is 11.9 Å². The van der Waals surface area contributed by atoms with Gasteiger partial charge in [-0.15, -0.1) is 0 Å². The lowest BCUT2D eigenvalue weighted by molar-refractivity contribution is -0.123. The molecule has 0 aromatic heterocycles. The van der Waals surface area contributed by atoms with Gasteiger partial charge in [-0.25, -0.2) is 4.39 Å². The summed E-state index contributed by atoms with van der Waals surface area (Å²) in [5.74, 6) is -0.569. The average molecular weight is 449 g/mol. The van der Waals surface area contributed by atoms with Crippen molar-refractivity contribution in [2.45, 2.75) is 50.6 Å². The number of alkyl halides is 3. The second kappa shape index (κ2) is 7.02. The van der Waals surface area contributed by atoms with Crippen molar-refractivity contribution < 1.29 is 27.1 Å². The summed E-state index contributed by atoms with van der Waals surface area (Å²) in [5, 5.41) is 5.36. The van der Waals surface area contributed by atoms with E-state index in [9.17, 15) is 22.4 Å². The van der Waals surface area contributed by atoms with Gasteiger partial charge in [0.1, 0.15) is 29.4 Å². The highest BCUT2D eigenvalue weighted by Gasteiger charge is 2.46. The number of benzene rings is 2. The van der Waals surface area contributed by atoms with Gasteiger partial charge in [0.25, 0.3) is 5.91 Å². The molecule has 5 rings (SSSR count). The first-order valence-electron chi connectivity index (χ1n) is 10.6. The van der Waals surface area contributed by atoms with Gasteiger partial charge >= 0.3 is 6.18 Å². The summed E-state index contributed by atoms with van der Waals surface area (Å²) in [6, 6.07) is 6.34. The number of halogens is 4. The summed E-state index contributed by atoms with van der Waals surface area (Å²) in [6.45, 7) is 0.550. The molecule has 0 bridgehead atoms. The molecule has 1 aliphatic carbocycles. The Bertz CT molecular complexity index is 1120. The molecule has 1 amide bonds. The molecule has 9 heteroatoms. The third-order valence-electron chi connectivity index (χ3n) is 6.80. The van der Waals surface area contributed by atoms with Crippen LogP contribution < -0.4 is 20.3 Å². The summed E-state index contributed by atoms with van der Waals surface area (Å²) in [7, 11) is 1.85. The lowest BCUT2D eigenvalue weighted by Gasteiger charge is -2.38. The predicted molar refractivity (Wildman–Crippen MR) is 112 cm³/mol. The van der Waals surface area contributed by atoms with Gasteiger partial charge < -0.3 is 20.3 Å². The van der Waals surface area contributed by atoms with Crippen molar-refractivity contribution in [3.8, 4) is 5.75 Å². The number of hydrogen-bond acceptors (Lipinski definition) is 4. The Hall–Kier alpha value is -2.97. The Labute approximate surface area is 182 Å². The largest absolute Gasteiger partial charge is 0.480 e. The number of fused-ring (bicyclic) bond motifs is 5. The number of rotatable bonds is 2. The maximum Gasteiger partial charge on any atom is 0.405 e. The van der Waals surface area contributed by atoms with E-state index in [-0.39, 0.29) is 17.5 Å². The fraction of sp³-hybridized carbons (Fsp3) is 0.435. The standard InChI is InChI=1S/C23H23F4N3O2/c1-12-29-19-18(30(12)2)10-16(21(31)28-11-23(25,26)27)15-6-8-22(32-20(15)19)7-5-13-9-14(24)3-4-17(13)22/h3-4,9-10,12,29H,5-8,11H2,1-2H3,(H,28,31). The Kier molecular flexibility index (Phi) is 4.58. The Balaban J connectivity index is 1.58. The summed E-state index contributed by atoms with van der Waals surface area (Å²) < 4.78 is 58.4. The number of ether oxygens (including phenoxy) is 1. The van der Waals surface area contributed by atoms with E-state index in [1.165, 1.54) is 12.1 Å². The number of nitrogens with one attached hydrogen (secondary N) is 2. The summed E-state index contributed by atoms with van der Waals surface area (Å²) in [4.78, 5) is 14.7. The van der Waals surface area contributed by atoms with Crippen molar-refractivity contribution >= 4 is 17.3 Å². The number of carbonyl (C=O) groups excluding carboxylic acids is 1. The summed E-state index contributed by atoms with van der Waals surface area (Å²) in [5.41, 5.74) is 3.42. The van der Waals surface area contributed by atoms with Crippen LogP contribution in [0.5, 0.6) is 5.75 Å². The second-order valence-electron chi connectivity index (χ2n) is 8.75. The first-order valence-corrected chi connectivity index (χ1v) is 10.6. The molecule has 0 saturated heterocycles. The Morgan fingerprint density at radius 3 is 2.78 bits per heavy atom. The first-order chi connectivity index (χ1) is 15.1. The monoisotopic (exact) mass is 449 g/mol. The van der Waals surface area contributed by atoms with Crippen LogP contribution in [0.4, 0.5) is 28.9 Å². The smallest absolute Gasteiger partial charge is 0.405 e. The molecule has 2 unspecified atom stereocenters. The zero-order valence-corrected chi connectivity index (χ0v) is 17.7. The number of hydrogen-bond donors (Lipinski definition) is 2. The van der Waals surface area contributed by atoms with Crippen molar-refractivity contribution in [2.24, 2.45) is 0 Å². The summed E-state index contributed by atoms with van der Waals surface area (Å²) in [6.07, 6.45) is -2.19. The van der Waals surface area contributed by atoms with Crippen LogP contribution in [0.15, 0.2) is 24.3 Å². The molecule has 2 aromatic carbocycles. The molecule has 1 spiro atoms. The van der Waals surface area contributed by atoms with E-state index in [2.05, 4.69) is 5.32 Å². The quantitative estimate of drug-likeness (QED) is 0.664. The Morgan fingerprint density at radius 2 is 2.03 bits per heavy atom. The van der Waals surface area contributed by atoms with E-state index >= 15 is 0 Å². The maximum absolute atomic E-state index is 13.7. The van der Waals surface area contributed by atoms with E-state index in [0.717, 1.165) is 16.8 Å². The van der Waals surface area contributed by atoms with Crippen molar-refractivity contribution in [2.75, 3.05) is 23.8 Å². The third kappa shape index (κ3) is 3.25. The minimum Gasteiger partial charge on any atom is -0.480 e. The van der Waals surface area contributed by atoms with Crippen LogP contribution in [-0.4, -0.2) is 31.8 Å². The zero-order chi connectivity index (χ0) is 22.8. The molecule has 2 aromatic rings. The molecule has 0 radical (unpaired) electrons. The van der Waals surface area contributed by atoms with Gasteiger partial charge in [-0.05, 0) is 61.9 Å². The van der Waals surface area contributed by atoms with Crippen molar-refractivity contribution in [1.29, 1.82) is 0 Å². The zero-order valence-electron chi connectivity index (χ0n) is 17.7. The topological polar surface area (TPSA) is 53.6 Å². The molecule has 2 atom stereocenters. The molecular weight excluding hydrogens is 426 g/mol. The molecule has 0 fully saturated rings. The molecule has 170 valence electrons. The summed E-state index contributed by atoms with van der Waals surface area (Å²) >= 11 is 0. The number of anilines is 2. The number of amides is 1. The first kappa shape index (κ1) is 20.9. The molecule has 2 aliphatic heterocycles. The van der Waals surface area contributed by atoms with Crippen molar-refractivity contribution in [3.63, 3.8) is 0 Å². The molecule has 3 aliphatic rings. The fourth-order valence-electron chi connectivity index (χ4n) is 5.08. The maximum atomic E-state index is 13.7. The van der Waals surface area contributed by atoms with Gasteiger partial charge in [-0.3, -0.25) is 4.79 Å². The van der Waals surface area contributed by atoms with Crippen LogP contribution in [0.1, 0.15) is 46.8 Å². The van der Waals surface area contributed by atoms with Gasteiger partial charge in [-0.2, -0.15) is 13.2 Å². The van der Waals surface area contributed by atoms with E-state index in [4.69, 9.17) is 4.74 Å². The Morgan fingerprint density at radius 1 is 1.28 bits per heavy atom. The van der Waals surface area contributed by atoms with Gasteiger partial charge in [-0.1, -0.05) is 6.07 Å². The molecule has 2 N–H and O–H groups in total. The lowest BCUT2D eigenvalue weighted by atomic mass is 9.84. The van der Waals surface area contributed by atoms with Crippen LogP contribution in [0, 0.1) is 5.82 Å². The molecule has 32 heavy (non-hydrogen) atoms. The highest BCUT2D eigenvalue weighted by Crippen LogP contribution is 2.54. The lowest BCUT2D eigenvalue weighted by Crippen LogP contribution is -2.37. The van der Waals surface area contributed by atoms with Gasteiger partial charge in [0.15, 0.2) is 0 Å². The van der Waals surface area contributed by atoms with Crippen LogP contribution in [-0.2, 0) is 18.4 Å². The van der Waals surface area contributed by atoms with Crippen molar-refractivity contribution in [3.05, 3.63) is 52.3 Å². The number of carbonyl (C=O) groups is 1. The minimum atomic E-state index is -4.50. The van der Waals surface area contributed by atoms with Crippen LogP contribution in [0.2, 0.25) is 0 Å². The van der Waals surface area contributed by atoms with Crippen LogP contribution in [0.3, 0.4) is 0 Å². The third-order valence-corrected chi connectivity index (χ3v) is 6.80. The van der Waals surface area contributed by atoms with Gasteiger partial charge in [0, 0.05) is 18.2 Å². The molecule has 5 nitrogen and oxygen atoms in total. The van der Waals surface area contributed by atoms with E-state index in [0.29, 0.717) is 42.7 Å². The van der Waals surface area contributed by atoms with Crippen LogP contribution in [0.25, 0.3) is 0 Å². The number of nitrogens with zero attached hydrogens (tertiary/aromatic N) is 1. The normalized spacial score (nSPS) is 23.3. The van der Waals surface area contributed by atoms with E-state index in [1.54, 1.807) is 12.1 Å². The van der Waals surface area contributed by atoms with E-state index in [1.807, 2.05) is 24.2 Å². The number of aryl methyl sites for hydroxylation is 1. The molecule has 2 heterocycles. The predicted octanol–water partition coefficient (Wildman–Crippen LogP) is 4.49. The van der Waals surface area contributed by atoms with Crippen LogP contribution >= 0.6 is 0 Å². The van der Waals surface area contributed by atoms with E-state index < -0.39 is 24.2 Å². The SMILES string of the molecule is CC1Nc2c(cc(C(=O)NCC(F)(F)F)c3c2OC2(CCc4cc(F)ccc42)CC3)N1C. The second-order valence-corrected chi connectivity index (χ2v) is 8.75. The van der Waals surface area contributed by atoms with Gasteiger partial charge in [0.2, 0.25) is 0 Å². The van der Waals surface area contributed by atoms with Crippen molar-refractivity contribution in [1.82, 2.24) is 5.32 Å². The minimum absolute atomic E-state index is 0.0750. The molecule has 0 saturated carbocycles. The average Bonchev–Trinajstić information content (AvgIpc) is 3.22. The highest BCUT2D eigenvalue weighted by atomic mass is 19.4. The highest BCUT2D eigenvalue weighted by molar-refractivity contribution is 6.01.